The maximum absolute atomic E-state index is 13.9. The van der Waals surface area contributed by atoms with Gasteiger partial charge in [-0.2, -0.15) is 0 Å². The summed E-state index contributed by atoms with van der Waals surface area (Å²) >= 11 is 0. The van der Waals surface area contributed by atoms with E-state index in [0.717, 1.165) is 9.13 Å². The van der Waals surface area contributed by atoms with E-state index >= 15 is 0 Å². The molecule has 0 spiro atoms. The van der Waals surface area contributed by atoms with Gasteiger partial charge in [0.15, 0.2) is 11.5 Å². The first kappa shape index (κ1) is 20.4. The minimum atomic E-state index is -0.715. The van der Waals surface area contributed by atoms with E-state index in [1.54, 1.807) is 30.3 Å². The molecule has 1 aliphatic rings. The van der Waals surface area contributed by atoms with E-state index in [0.29, 0.717) is 17.1 Å². The second kappa shape index (κ2) is 8.23. The molecular weight excluding hydrogens is 431 g/mol. The second-order valence-corrected chi connectivity index (χ2v) is 7.35. The zero-order valence-electron chi connectivity index (χ0n) is 17.2. The van der Waals surface area contributed by atoms with Gasteiger partial charge in [0.2, 0.25) is 12.7 Å². The number of benzene rings is 2. The van der Waals surface area contributed by atoms with Crippen LogP contribution >= 0.6 is 0 Å². The molecule has 1 amide bonds. The van der Waals surface area contributed by atoms with Gasteiger partial charge in [-0.25, -0.2) is 14.2 Å². The van der Waals surface area contributed by atoms with Crippen LogP contribution in [0.15, 0.2) is 70.4 Å². The minimum absolute atomic E-state index is 0.0125. The van der Waals surface area contributed by atoms with Gasteiger partial charge in [-0.15, -0.1) is 0 Å². The van der Waals surface area contributed by atoms with E-state index < -0.39 is 29.5 Å². The van der Waals surface area contributed by atoms with Gasteiger partial charge < -0.3 is 14.8 Å². The first-order chi connectivity index (χ1) is 16.0. The topological polar surface area (TPSA) is 104 Å². The Balaban J connectivity index is 1.54. The Morgan fingerprint density at radius 2 is 1.85 bits per heavy atom. The van der Waals surface area contributed by atoms with Crippen LogP contribution in [0.25, 0.3) is 11.0 Å². The maximum atomic E-state index is 13.9. The summed E-state index contributed by atoms with van der Waals surface area (Å²) in [6.45, 7) is -0.402. The predicted molar refractivity (Wildman–Crippen MR) is 117 cm³/mol. The average molecular weight is 448 g/mol. The van der Waals surface area contributed by atoms with Crippen LogP contribution in [0.2, 0.25) is 0 Å². The van der Waals surface area contributed by atoms with Crippen molar-refractivity contribution in [2.24, 2.45) is 0 Å². The molecule has 1 aliphatic heterocycles. The summed E-state index contributed by atoms with van der Waals surface area (Å²) in [5.41, 5.74) is -0.553. The molecule has 2 aromatic heterocycles. The fourth-order valence-electron chi connectivity index (χ4n) is 3.65. The molecule has 0 saturated carbocycles. The zero-order valence-corrected chi connectivity index (χ0v) is 17.2. The number of pyridine rings is 1. The molecule has 33 heavy (non-hydrogen) atoms. The minimum Gasteiger partial charge on any atom is -0.454 e. The van der Waals surface area contributed by atoms with Crippen LogP contribution in [0.5, 0.6) is 11.5 Å². The van der Waals surface area contributed by atoms with Gasteiger partial charge in [-0.05, 0) is 42.0 Å². The number of nitrogens with one attached hydrogen (secondary N) is 1. The molecule has 0 radical (unpaired) electrons. The largest absolute Gasteiger partial charge is 0.454 e. The normalized spacial score (nSPS) is 12.2. The van der Waals surface area contributed by atoms with Crippen LogP contribution in [-0.4, -0.2) is 26.8 Å². The van der Waals surface area contributed by atoms with Crippen LogP contribution in [0.1, 0.15) is 5.56 Å². The highest BCUT2D eigenvalue weighted by Gasteiger charge is 2.19. The van der Waals surface area contributed by atoms with Crippen molar-refractivity contribution in [3.05, 3.63) is 93.0 Å². The Morgan fingerprint density at radius 1 is 1.03 bits per heavy atom. The molecule has 0 unspecified atom stereocenters. The molecule has 0 bridgehead atoms. The van der Waals surface area contributed by atoms with Gasteiger partial charge in [0.25, 0.3) is 5.56 Å². The fraction of sp³-hybridized carbons (Fsp3) is 0.130. The Morgan fingerprint density at radius 3 is 2.70 bits per heavy atom. The lowest BCUT2D eigenvalue weighted by Gasteiger charge is -2.14. The third kappa shape index (κ3) is 3.82. The van der Waals surface area contributed by atoms with E-state index in [2.05, 4.69) is 10.3 Å². The first-order valence-electron chi connectivity index (χ1n) is 10.0. The summed E-state index contributed by atoms with van der Waals surface area (Å²) in [5.74, 6) is -0.139. The van der Waals surface area contributed by atoms with Crippen LogP contribution in [-0.2, 0) is 17.9 Å². The Hall–Kier alpha value is -4.47. The number of carbonyl (C=O) groups is 1. The third-order valence-corrected chi connectivity index (χ3v) is 5.21. The molecule has 0 fully saturated rings. The SMILES string of the molecule is O=C(Cn1c(=O)n(Cc2ccc3c(c2)OCO3)c(=O)c2cccnc21)Nc1ccccc1F. The summed E-state index contributed by atoms with van der Waals surface area (Å²) < 4.78 is 26.7. The van der Waals surface area contributed by atoms with E-state index in [4.69, 9.17) is 9.47 Å². The number of amides is 1. The Bertz CT molecular complexity index is 1510. The molecule has 3 heterocycles. The number of hydrogen-bond donors (Lipinski definition) is 1. The summed E-state index contributed by atoms with van der Waals surface area (Å²) in [6.07, 6.45) is 1.43. The number of halogens is 1. The number of carbonyl (C=O) groups excluding carboxylic acids is 1. The first-order valence-corrected chi connectivity index (χ1v) is 10.0. The number of anilines is 1. The summed E-state index contributed by atoms with van der Waals surface area (Å²) in [5, 5.41) is 2.62. The fourth-order valence-corrected chi connectivity index (χ4v) is 3.65. The molecule has 2 aromatic carbocycles. The molecule has 0 atom stereocenters. The van der Waals surface area contributed by atoms with Crippen LogP contribution in [0.4, 0.5) is 10.1 Å². The highest BCUT2D eigenvalue weighted by Crippen LogP contribution is 2.32. The number of aromatic nitrogens is 3. The number of rotatable bonds is 5. The third-order valence-electron chi connectivity index (χ3n) is 5.21. The molecule has 4 aromatic rings. The van der Waals surface area contributed by atoms with Gasteiger partial charge in [-0.3, -0.25) is 18.7 Å². The molecular formula is C23H17FN4O5. The standard InChI is InChI=1S/C23H17FN4O5/c24-16-5-1-2-6-17(16)26-20(29)12-27-21-15(4-3-9-25-21)22(30)28(23(27)31)11-14-7-8-18-19(10-14)33-13-32-18/h1-10H,11-13H2,(H,26,29). The van der Waals surface area contributed by atoms with E-state index in [9.17, 15) is 18.8 Å². The Labute approximate surface area is 185 Å². The van der Waals surface area contributed by atoms with Gasteiger partial charge in [0.1, 0.15) is 18.0 Å². The monoisotopic (exact) mass is 448 g/mol. The molecule has 1 N–H and O–H groups in total. The maximum Gasteiger partial charge on any atom is 0.333 e. The molecule has 5 rings (SSSR count). The van der Waals surface area contributed by atoms with Crippen molar-refractivity contribution in [1.82, 2.24) is 14.1 Å². The lowest BCUT2D eigenvalue weighted by molar-refractivity contribution is -0.116. The van der Waals surface area contributed by atoms with E-state index in [1.165, 1.54) is 30.5 Å². The van der Waals surface area contributed by atoms with Crippen molar-refractivity contribution in [3.8, 4) is 11.5 Å². The van der Waals surface area contributed by atoms with Crippen molar-refractivity contribution in [2.45, 2.75) is 13.1 Å². The van der Waals surface area contributed by atoms with Crippen molar-refractivity contribution < 1.29 is 18.7 Å². The number of hydrogen-bond acceptors (Lipinski definition) is 6. The second-order valence-electron chi connectivity index (χ2n) is 7.35. The number of para-hydroxylation sites is 1. The number of fused-ring (bicyclic) bond motifs is 2. The van der Waals surface area contributed by atoms with E-state index in [1.807, 2.05) is 0 Å². The van der Waals surface area contributed by atoms with E-state index in [-0.39, 0.29) is 30.1 Å². The van der Waals surface area contributed by atoms with Crippen molar-refractivity contribution in [2.75, 3.05) is 12.1 Å². The quantitative estimate of drug-likeness (QED) is 0.502. The smallest absolute Gasteiger partial charge is 0.333 e. The highest BCUT2D eigenvalue weighted by atomic mass is 19.1. The molecule has 166 valence electrons. The lowest BCUT2D eigenvalue weighted by atomic mass is 10.2. The summed E-state index contributed by atoms with van der Waals surface area (Å²) in [7, 11) is 0. The van der Waals surface area contributed by atoms with Crippen molar-refractivity contribution in [3.63, 3.8) is 0 Å². The van der Waals surface area contributed by atoms with Crippen molar-refractivity contribution >= 4 is 22.6 Å². The summed E-state index contributed by atoms with van der Waals surface area (Å²) in [6, 6.07) is 13.9. The number of ether oxygens (including phenoxy) is 2. The average Bonchev–Trinajstić information content (AvgIpc) is 3.29. The number of nitrogens with zero attached hydrogens (tertiary/aromatic N) is 3. The summed E-state index contributed by atoms with van der Waals surface area (Å²) in [4.78, 5) is 43.1. The van der Waals surface area contributed by atoms with Gasteiger partial charge >= 0.3 is 5.69 Å². The van der Waals surface area contributed by atoms with Gasteiger partial charge in [-0.1, -0.05) is 18.2 Å². The van der Waals surface area contributed by atoms with Crippen molar-refractivity contribution in [1.29, 1.82) is 0 Å². The van der Waals surface area contributed by atoms with Crippen LogP contribution in [0, 0.1) is 5.82 Å². The van der Waals surface area contributed by atoms with Crippen LogP contribution in [0.3, 0.4) is 0 Å². The molecule has 9 nitrogen and oxygen atoms in total. The zero-order chi connectivity index (χ0) is 22.9. The molecule has 0 saturated heterocycles. The van der Waals surface area contributed by atoms with Crippen LogP contribution < -0.4 is 26.0 Å². The predicted octanol–water partition coefficient (Wildman–Crippen LogP) is 2.11. The lowest BCUT2D eigenvalue weighted by Crippen LogP contribution is -2.42. The van der Waals surface area contributed by atoms with Gasteiger partial charge in [0.05, 0.1) is 17.6 Å². The molecule has 0 aliphatic carbocycles. The highest BCUT2D eigenvalue weighted by molar-refractivity contribution is 5.91. The molecule has 10 heteroatoms. The van der Waals surface area contributed by atoms with Gasteiger partial charge in [0, 0.05) is 6.20 Å². The Kier molecular flexibility index (Phi) is 5.09.